The molecule has 0 spiro atoms. The Morgan fingerprint density at radius 3 is 2.00 bits per heavy atom. The van der Waals surface area contributed by atoms with Crippen LogP contribution >= 0.6 is 0 Å². The molecule has 0 aromatic heterocycles. The third kappa shape index (κ3) is 8.49. The summed E-state index contributed by atoms with van der Waals surface area (Å²) in [7, 11) is 4.20. The Morgan fingerprint density at radius 2 is 1.40 bits per heavy atom. The van der Waals surface area contributed by atoms with E-state index in [0.29, 0.717) is 25.2 Å². The van der Waals surface area contributed by atoms with E-state index in [4.69, 9.17) is 9.47 Å². The molecule has 0 radical (unpaired) electrons. The number of rotatable bonds is 11. The first-order valence-corrected chi connectivity index (χ1v) is 11.1. The zero-order valence-electron chi connectivity index (χ0n) is 20.1. The molecular formula is C27H41NO2. The van der Waals surface area contributed by atoms with E-state index in [9.17, 15) is 0 Å². The lowest BCUT2D eigenvalue weighted by Crippen LogP contribution is -2.24. The molecule has 0 saturated carbocycles. The Balaban J connectivity index is 1.73. The van der Waals surface area contributed by atoms with Crippen LogP contribution in [0, 0.1) is 5.41 Å². The standard InChI is InChI=1S/C27H41NO2/c1-26(2,3)21-27(4,5)24-12-14-25(15-13-24)30-19-18-29-17-16-22-10-8-9-11-23(22)20-28(6)7/h8-15H,16-21H2,1-7H3. The van der Waals surface area contributed by atoms with Crippen LogP contribution in [-0.4, -0.2) is 38.8 Å². The topological polar surface area (TPSA) is 21.7 Å². The third-order valence-electron chi connectivity index (χ3n) is 5.23. The van der Waals surface area contributed by atoms with Gasteiger partial charge in [-0.2, -0.15) is 0 Å². The van der Waals surface area contributed by atoms with Gasteiger partial charge in [-0.25, -0.2) is 0 Å². The van der Waals surface area contributed by atoms with Crippen molar-refractivity contribution in [1.29, 1.82) is 0 Å². The summed E-state index contributed by atoms with van der Waals surface area (Å²) in [6.07, 6.45) is 2.08. The van der Waals surface area contributed by atoms with Crippen LogP contribution in [0.15, 0.2) is 48.5 Å². The van der Waals surface area contributed by atoms with Gasteiger partial charge in [0, 0.05) is 6.54 Å². The molecule has 0 aliphatic carbocycles. The van der Waals surface area contributed by atoms with Crippen molar-refractivity contribution in [3.8, 4) is 5.75 Å². The summed E-state index contributed by atoms with van der Waals surface area (Å²) < 4.78 is 11.7. The molecule has 0 heterocycles. The maximum atomic E-state index is 5.87. The second-order valence-corrected chi connectivity index (χ2v) is 10.4. The first-order valence-electron chi connectivity index (χ1n) is 11.1. The van der Waals surface area contributed by atoms with Crippen LogP contribution in [0.5, 0.6) is 5.75 Å². The molecule has 0 N–H and O–H groups in total. The summed E-state index contributed by atoms with van der Waals surface area (Å²) in [6, 6.07) is 17.2. The molecule has 0 fully saturated rings. The summed E-state index contributed by atoms with van der Waals surface area (Å²) in [5.74, 6) is 0.908. The molecule has 0 saturated heterocycles. The maximum Gasteiger partial charge on any atom is 0.119 e. The van der Waals surface area contributed by atoms with E-state index in [0.717, 1.165) is 25.1 Å². The quantitative estimate of drug-likeness (QED) is 0.417. The van der Waals surface area contributed by atoms with Crippen LogP contribution in [-0.2, 0) is 23.1 Å². The molecule has 2 aromatic rings. The van der Waals surface area contributed by atoms with Crippen molar-refractivity contribution in [3.63, 3.8) is 0 Å². The Bertz CT molecular complexity index is 757. The summed E-state index contributed by atoms with van der Waals surface area (Å²) in [6.45, 7) is 14.4. The lowest BCUT2D eigenvalue weighted by molar-refractivity contribution is 0.102. The van der Waals surface area contributed by atoms with E-state index in [2.05, 4.69) is 102 Å². The van der Waals surface area contributed by atoms with Gasteiger partial charge in [0.1, 0.15) is 12.4 Å². The number of hydrogen-bond donors (Lipinski definition) is 0. The zero-order chi connectivity index (χ0) is 22.2. The number of nitrogens with zero attached hydrogens (tertiary/aromatic N) is 1. The van der Waals surface area contributed by atoms with Crippen LogP contribution in [0.4, 0.5) is 0 Å². The Kier molecular flexibility index (Phi) is 8.93. The first kappa shape index (κ1) is 24.4. The molecule has 30 heavy (non-hydrogen) atoms. The average molecular weight is 412 g/mol. The average Bonchev–Trinajstić information content (AvgIpc) is 2.64. The van der Waals surface area contributed by atoms with Crippen molar-refractivity contribution < 1.29 is 9.47 Å². The predicted molar refractivity (Wildman–Crippen MR) is 127 cm³/mol. The molecule has 3 nitrogen and oxygen atoms in total. The highest BCUT2D eigenvalue weighted by atomic mass is 16.5. The van der Waals surface area contributed by atoms with Crippen molar-refractivity contribution in [2.24, 2.45) is 5.41 Å². The fourth-order valence-electron chi connectivity index (χ4n) is 4.23. The van der Waals surface area contributed by atoms with Gasteiger partial charge in [-0.1, -0.05) is 71.0 Å². The van der Waals surface area contributed by atoms with E-state index < -0.39 is 0 Å². The van der Waals surface area contributed by atoms with Crippen molar-refractivity contribution in [2.45, 2.75) is 59.4 Å². The van der Waals surface area contributed by atoms with Gasteiger partial charge in [-0.15, -0.1) is 0 Å². The molecule has 0 unspecified atom stereocenters. The minimum Gasteiger partial charge on any atom is -0.491 e. The monoisotopic (exact) mass is 411 g/mol. The predicted octanol–water partition coefficient (Wildman–Crippen LogP) is 6.10. The largest absolute Gasteiger partial charge is 0.491 e. The Morgan fingerprint density at radius 1 is 0.767 bits per heavy atom. The molecule has 0 aliphatic rings. The normalized spacial score (nSPS) is 12.4. The maximum absolute atomic E-state index is 5.87. The van der Waals surface area contributed by atoms with Gasteiger partial charge in [-0.05, 0) is 66.6 Å². The van der Waals surface area contributed by atoms with E-state index in [1.165, 1.54) is 16.7 Å². The van der Waals surface area contributed by atoms with Gasteiger partial charge >= 0.3 is 0 Å². The van der Waals surface area contributed by atoms with E-state index >= 15 is 0 Å². The highest BCUT2D eigenvalue weighted by Crippen LogP contribution is 2.36. The van der Waals surface area contributed by atoms with Crippen molar-refractivity contribution in [1.82, 2.24) is 4.90 Å². The highest BCUT2D eigenvalue weighted by molar-refractivity contribution is 5.32. The van der Waals surface area contributed by atoms with E-state index in [1.54, 1.807) is 0 Å². The fraction of sp³-hybridized carbons (Fsp3) is 0.556. The molecule has 2 rings (SSSR count). The molecule has 0 atom stereocenters. The molecule has 0 aliphatic heterocycles. The van der Waals surface area contributed by atoms with Crippen molar-refractivity contribution >= 4 is 0 Å². The highest BCUT2D eigenvalue weighted by Gasteiger charge is 2.27. The van der Waals surface area contributed by atoms with Crippen molar-refractivity contribution in [2.75, 3.05) is 33.9 Å². The third-order valence-corrected chi connectivity index (χ3v) is 5.23. The summed E-state index contributed by atoms with van der Waals surface area (Å²) in [4.78, 5) is 2.20. The molecule has 2 aromatic carbocycles. The second kappa shape index (κ2) is 11.0. The molecule has 3 heteroatoms. The molecule has 166 valence electrons. The van der Waals surface area contributed by atoms with Crippen LogP contribution in [0.1, 0.15) is 57.7 Å². The molecular weight excluding hydrogens is 370 g/mol. The summed E-state index contributed by atoms with van der Waals surface area (Å²) in [5.41, 5.74) is 4.56. The van der Waals surface area contributed by atoms with Gasteiger partial charge in [0.2, 0.25) is 0 Å². The smallest absolute Gasteiger partial charge is 0.119 e. The van der Waals surface area contributed by atoms with Crippen LogP contribution in [0.25, 0.3) is 0 Å². The van der Waals surface area contributed by atoms with Crippen molar-refractivity contribution in [3.05, 3.63) is 65.2 Å². The number of hydrogen-bond acceptors (Lipinski definition) is 3. The Labute approximate surface area is 184 Å². The minimum absolute atomic E-state index is 0.156. The molecule has 0 amide bonds. The minimum atomic E-state index is 0.156. The van der Waals surface area contributed by atoms with Crippen LogP contribution in [0.2, 0.25) is 0 Å². The van der Waals surface area contributed by atoms with Gasteiger partial charge in [0.05, 0.1) is 13.2 Å². The lowest BCUT2D eigenvalue weighted by atomic mass is 9.72. The van der Waals surface area contributed by atoms with E-state index in [1.807, 2.05) is 0 Å². The van der Waals surface area contributed by atoms with Gasteiger partial charge in [-0.3, -0.25) is 0 Å². The summed E-state index contributed by atoms with van der Waals surface area (Å²) >= 11 is 0. The molecule has 0 bridgehead atoms. The van der Waals surface area contributed by atoms with Gasteiger partial charge in [0.25, 0.3) is 0 Å². The van der Waals surface area contributed by atoms with Gasteiger partial charge in [0.15, 0.2) is 0 Å². The first-order chi connectivity index (χ1) is 14.1. The Hall–Kier alpha value is -1.84. The fourth-order valence-corrected chi connectivity index (χ4v) is 4.23. The zero-order valence-corrected chi connectivity index (χ0v) is 20.1. The van der Waals surface area contributed by atoms with Crippen LogP contribution in [0.3, 0.4) is 0 Å². The van der Waals surface area contributed by atoms with Gasteiger partial charge < -0.3 is 14.4 Å². The van der Waals surface area contributed by atoms with Crippen LogP contribution < -0.4 is 4.74 Å². The summed E-state index contributed by atoms with van der Waals surface area (Å²) in [5, 5.41) is 0. The second-order valence-electron chi connectivity index (χ2n) is 10.4. The number of ether oxygens (including phenoxy) is 2. The number of benzene rings is 2. The SMILES string of the molecule is CN(C)Cc1ccccc1CCOCCOc1ccc(C(C)(C)CC(C)(C)C)cc1. The lowest BCUT2D eigenvalue weighted by Gasteiger charge is -2.33. The van der Waals surface area contributed by atoms with E-state index in [-0.39, 0.29) is 5.41 Å².